The molecule has 4 rings (SSSR count). The number of carbonyl (C=O) groups excluding carboxylic acids is 1. The molecule has 4 nitrogen and oxygen atoms in total. The topological polar surface area (TPSA) is 62.4 Å². The number of allylic oxidation sites excluding steroid dienone is 2. The molecule has 0 amide bonds. The zero-order valence-corrected chi connectivity index (χ0v) is 17.6. The van der Waals surface area contributed by atoms with Crippen LogP contribution in [0.2, 0.25) is 0 Å². The van der Waals surface area contributed by atoms with Crippen molar-refractivity contribution < 1.29 is 9.53 Å². The van der Waals surface area contributed by atoms with Crippen LogP contribution in [0.15, 0.2) is 70.9 Å². The summed E-state index contributed by atoms with van der Waals surface area (Å²) in [6.07, 6.45) is 1.16. The lowest BCUT2D eigenvalue weighted by Gasteiger charge is -2.35. The second-order valence-corrected chi connectivity index (χ2v) is 8.34. The average molecular weight is 399 g/mol. The molecule has 30 heavy (non-hydrogen) atoms. The minimum atomic E-state index is -0.474. The van der Waals surface area contributed by atoms with Gasteiger partial charge in [0.25, 0.3) is 0 Å². The molecule has 0 N–H and O–H groups in total. The Morgan fingerprint density at radius 3 is 2.47 bits per heavy atom. The largest absolute Gasteiger partial charge is 0.491 e. The smallest absolute Gasteiger partial charge is 0.161 e. The van der Waals surface area contributed by atoms with Crippen molar-refractivity contribution in [1.29, 1.82) is 5.26 Å². The van der Waals surface area contributed by atoms with E-state index in [4.69, 9.17) is 9.73 Å². The van der Waals surface area contributed by atoms with Crippen molar-refractivity contribution in [2.45, 2.75) is 51.6 Å². The van der Waals surface area contributed by atoms with Crippen LogP contribution in [0.4, 0.5) is 0 Å². The molecule has 0 aromatic heterocycles. The molecule has 0 saturated heterocycles. The van der Waals surface area contributed by atoms with Gasteiger partial charge in [0.15, 0.2) is 5.78 Å². The number of ether oxygens (including phenoxy) is 1. The summed E-state index contributed by atoms with van der Waals surface area (Å²) in [6.45, 7) is 5.85. The minimum absolute atomic E-state index is 0.00279. The summed E-state index contributed by atoms with van der Waals surface area (Å²) < 4.78 is 6.05. The van der Waals surface area contributed by atoms with Crippen LogP contribution in [0.1, 0.15) is 56.6 Å². The number of Topliss-reactive ketones (excluding diaryl/α,β-unsaturated/α-hetero) is 1. The van der Waals surface area contributed by atoms with Crippen LogP contribution in [0, 0.1) is 17.2 Å². The van der Waals surface area contributed by atoms with Crippen LogP contribution in [-0.4, -0.2) is 17.6 Å². The van der Waals surface area contributed by atoms with Crippen molar-refractivity contribution >= 4 is 11.5 Å². The monoisotopic (exact) mass is 398 g/mol. The highest BCUT2D eigenvalue weighted by atomic mass is 16.5. The third kappa shape index (κ3) is 3.68. The van der Waals surface area contributed by atoms with Gasteiger partial charge in [-0.25, -0.2) is 0 Å². The van der Waals surface area contributed by atoms with Gasteiger partial charge in [0.2, 0.25) is 0 Å². The van der Waals surface area contributed by atoms with E-state index in [1.54, 1.807) is 0 Å². The third-order valence-corrected chi connectivity index (χ3v) is 5.92. The summed E-state index contributed by atoms with van der Waals surface area (Å²) in [7, 11) is 0. The Kier molecular flexibility index (Phi) is 5.55. The zero-order valence-electron chi connectivity index (χ0n) is 17.6. The van der Waals surface area contributed by atoms with Gasteiger partial charge in [-0.2, -0.15) is 5.26 Å². The first-order chi connectivity index (χ1) is 14.5. The highest BCUT2D eigenvalue weighted by molar-refractivity contribution is 6.03. The van der Waals surface area contributed by atoms with E-state index < -0.39 is 5.92 Å². The summed E-state index contributed by atoms with van der Waals surface area (Å²) in [4.78, 5) is 18.2. The van der Waals surface area contributed by atoms with Crippen LogP contribution in [-0.2, 0) is 4.79 Å². The number of nitriles is 1. The summed E-state index contributed by atoms with van der Waals surface area (Å²) >= 11 is 0. The predicted molar refractivity (Wildman–Crippen MR) is 118 cm³/mol. The maximum absolute atomic E-state index is 13.4. The van der Waals surface area contributed by atoms with E-state index in [2.05, 4.69) is 18.2 Å². The Hall–Kier alpha value is -3.19. The Morgan fingerprint density at radius 2 is 1.77 bits per heavy atom. The lowest BCUT2D eigenvalue weighted by molar-refractivity contribution is -0.116. The third-order valence-electron chi connectivity index (χ3n) is 5.92. The Bertz CT molecular complexity index is 1060. The van der Waals surface area contributed by atoms with E-state index in [9.17, 15) is 10.1 Å². The molecule has 0 saturated carbocycles. The lowest BCUT2D eigenvalue weighted by atomic mass is 9.69. The van der Waals surface area contributed by atoms with Crippen LogP contribution < -0.4 is 4.74 Å². The number of carbonyl (C=O) groups is 1. The van der Waals surface area contributed by atoms with Gasteiger partial charge in [0.1, 0.15) is 5.75 Å². The van der Waals surface area contributed by atoms with E-state index in [0.29, 0.717) is 18.4 Å². The van der Waals surface area contributed by atoms with Crippen molar-refractivity contribution in [3.8, 4) is 11.8 Å². The molecular weight excluding hydrogens is 372 g/mol. The van der Waals surface area contributed by atoms with Gasteiger partial charge in [-0.15, -0.1) is 0 Å². The van der Waals surface area contributed by atoms with Gasteiger partial charge in [-0.1, -0.05) is 48.5 Å². The summed E-state index contributed by atoms with van der Waals surface area (Å²) in [5.41, 5.74) is 4.34. The molecule has 0 fully saturated rings. The maximum Gasteiger partial charge on any atom is 0.161 e. The van der Waals surface area contributed by atoms with Crippen molar-refractivity contribution in [1.82, 2.24) is 0 Å². The number of benzene rings is 2. The quantitative estimate of drug-likeness (QED) is 0.676. The van der Waals surface area contributed by atoms with Gasteiger partial charge >= 0.3 is 0 Å². The first kappa shape index (κ1) is 20.1. The number of hydrogen-bond acceptors (Lipinski definition) is 4. The molecule has 2 aromatic rings. The Morgan fingerprint density at radius 1 is 1.07 bits per heavy atom. The molecule has 3 atom stereocenters. The number of para-hydroxylation sites is 1. The number of hydrogen-bond donors (Lipinski definition) is 0. The molecule has 4 heteroatoms. The van der Waals surface area contributed by atoms with Crippen molar-refractivity contribution in [2.24, 2.45) is 10.9 Å². The van der Waals surface area contributed by atoms with Crippen LogP contribution in [0.25, 0.3) is 0 Å². The van der Waals surface area contributed by atoms with E-state index >= 15 is 0 Å². The molecule has 0 radical (unpaired) electrons. The van der Waals surface area contributed by atoms with Crippen LogP contribution in [0.3, 0.4) is 0 Å². The van der Waals surface area contributed by atoms with E-state index in [1.807, 2.05) is 63.2 Å². The number of nitrogens with zero attached hydrogens (tertiary/aromatic N) is 2. The Labute approximate surface area is 177 Å². The van der Waals surface area contributed by atoms with Crippen molar-refractivity contribution in [2.75, 3.05) is 0 Å². The summed E-state index contributed by atoms with van der Waals surface area (Å²) in [5, 5.41) is 9.97. The predicted octanol–water partition coefficient (Wildman–Crippen LogP) is 5.57. The maximum atomic E-state index is 13.4. The van der Waals surface area contributed by atoms with E-state index in [1.165, 1.54) is 0 Å². The second kappa shape index (κ2) is 8.28. The van der Waals surface area contributed by atoms with Gasteiger partial charge in [0, 0.05) is 34.9 Å². The first-order valence-electron chi connectivity index (χ1n) is 10.5. The number of rotatable bonds is 4. The fraction of sp³-hybridized carbons (Fsp3) is 0.346. The molecule has 1 aliphatic carbocycles. The molecule has 0 spiro atoms. The minimum Gasteiger partial charge on any atom is -0.491 e. The number of ketones is 1. The SMILES string of the molecule is CC1=NC2=C(C(=O)C[C@@H](c3ccccc3)C2)[C@@H](c2ccccc2OC(C)C)C1C#N. The van der Waals surface area contributed by atoms with Crippen molar-refractivity contribution in [3.05, 3.63) is 77.0 Å². The molecular formula is C26H26N2O2. The first-order valence-corrected chi connectivity index (χ1v) is 10.5. The van der Waals surface area contributed by atoms with E-state index in [-0.39, 0.29) is 23.7 Å². The van der Waals surface area contributed by atoms with Crippen molar-refractivity contribution in [3.63, 3.8) is 0 Å². The summed E-state index contributed by atoms with van der Waals surface area (Å²) in [6, 6.07) is 20.3. The van der Waals surface area contributed by atoms with Gasteiger partial charge in [-0.05, 0) is 44.7 Å². The highest BCUT2D eigenvalue weighted by Gasteiger charge is 2.42. The van der Waals surface area contributed by atoms with Gasteiger partial charge < -0.3 is 4.74 Å². The zero-order chi connectivity index (χ0) is 21.3. The number of aliphatic imine (C=N–C) groups is 1. The average Bonchev–Trinajstić information content (AvgIpc) is 2.73. The fourth-order valence-electron chi connectivity index (χ4n) is 4.62. The Balaban J connectivity index is 1.82. The van der Waals surface area contributed by atoms with Crippen LogP contribution in [0.5, 0.6) is 5.75 Å². The van der Waals surface area contributed by atoms with E-state index in [0.717, 1.165) is 28.3 Å². The highest BCUT2D eigenvalue weighted by Crippen LogP contribution is 2.48. The van der Waals surface area contributed by atoms with Gasteiger partial charge in [-0.3, -0.25) is 9.79 Å². The fourth-order valence-corrected chi connectivity index (χ4v) is 4.62. The lowest BCUT2D eigenvalue weighted by Crippen LogP contribution is -2.32. The second-order valence-electron chi connectivity index (χ2n) is 8.34. The molecule has 1 unspecified atom stereocenters. The molecule has 1 heterocycles. The standard InChI is InChI=1S/C26H26N2O2/c1-16(2)30-24-12-8-7-11-20(24)25-21(15-27)17(3)28-22-13-19(14-23(29)26(22)25)18-9-5-4-6-10-18/h4-12,16,19,21,25H,13-14H2,1-3H3/t19-,21?,25-/m0/s1. The summed E-state index contributed by atoms with van der Waals surface area (Å²) in [5.74, 6) is 0.123. The normalized spacial score (nSPS) is 23.6. The molecule has 0 bridgehead atoms. The molecule has 1 aliphatic heterocycles. The molecule has 152 valence electrons. The molecule has 2 aromatic carbocycles. The molecule has 2 aliphatic rings. The van der Waals surface area contributed by atoms with Gasteiger partial charge in [0.05, 0.1) is 18.1 Å². The van der Waals surface area contributed by atoms with Crippen LogP contribution >= 0.6 is 0 Å².